The Kier molecular flexibility index (Phi) is 7.65. The Hall–Kier alpha value is -2.15. The summed E-state index contributed by atoms with van der Waals surface area (Å²) >= 11 is 1.47. The molecule has 1 unspecified atom stereocenters. The van der Waals surface area contributed by atoms with E-state index in [1.807, 2.05) is 19.1 Å². The Bertz CT molecular complexity index is 802. The zero-order chi connectivity index (χ0) is 19.8. The maximum atomic E-state index is 12.5. The van der Waals surface area contributed by atoms with Crippen LogP contribution in [0.3, 0.4) is 0 Å². The molecule has 0 aromatic carbocycles. The van der Waals surface area contributed by atoms with E-state index in [-0.39, 0.29) is 11.2 Å². The van der Waals surface area contributed by atoms with Gasteiger partial charge in [-0.05, 0) is 57.6 Å². The number of rotatable bonds is 9. The Morgan fingerprint density at radius 2 is 2.11 bits per heavy atom. The molecule has 2 aromatic heterocycles. The first kappa shape index (κ1) is 20.6. The van der Waals surface area contributed by atoms with E-state index in [2.05, 4.69) is 38.1 Å². The van der Waals surface area contributed by atoms with Gasteiger partial charge in [-0.3, -0.25) is 9.78 Å². The summed E-state index contributed by atoms with van der Waals surface area (Å²) in [5.74, 6) is 0.876. The Balaban J connectivity index is 1.59. The second kappa shape index (κ2) is 10.4. The summed E-state index contributed by atoms with van der Waals surface area (Å²) in [5.41, 5.74) is 2.47. The molecular formula is C21H29N5OS. The van der Waals surface area contributed by atoms with Gasteiger partial charge in [-0.1, -0.05) is 30.3 Å². The number of nitrogens with zero attached hydrogens (tertiary/aromatic N) is 4. The molecule has 3 rings (SSSR count). The Labute approximate surface area is 171 Å². The van der Waals surface area contributed by atoms with Crippen LogP contribution in [0.5, 0.6) is 0 Å². The SMILES string of the molecule is CCCn1c(SC(C)C(=O)NCCC2=CCCCC2)nnc1-c1ccncc1. The Morgan fingerprint density at radius 3 is 2.82 bits per heavy atom. The fourth-order valence-corrected chi connectivity index (χ4v) is 4.25. The van der Waals surface area contributed by atoms with Crippen LogP contribution in [-0.4, -0.2) is 37.5 Å². The fourth-order valence-electron chi connectivity index (χ4n) is 3.35. The predicted octanol–water partition coefficient (Wildman–Crippen LogP) is 4.24. The number of thioether (sulfide) groups is 1. The molecule has 0 radical (unpaired) electrons. The average Bonchev–Trinajstić information content (AvgIpc) is 3.12. The van der Waals surface area contributed by atoms with Gasteiger partial charge in [0.25, 0.3) is 0 Å². The summed E-state index contributed by atoms with van der Waals surface area (Å²) in [7, 11) is 0. The topological polar surface area (TPSA) is 72.7 Å². The molecule has 150 valence electrons. The molecule has 0 saturated heterocycles. The smallest absolute Gasteiger partial charge is 0.233 e. The van der Waals surface area contributed by atoms with Crippen LogP contribution in [0.1, 0.15) is 52.4 Å². The van der Waals surface area contributed by atoms with Crippen LogP contribution in [0, 0.1) is 0 Å². The predicted molar refractivity (Wildman–Crippen MR) is 113 cm³/mol. The van der Waals surface area contributed by atoms with Crippen LogP contribution in [-0.2, 0) is 11.3 Å². The van der Waals surface area contributed by atoms with Gasteiger partial charge in [-0.15, -0.1) is 10.2 Å². The quantitative estimate of drug-likeness (QED) is 0.504. The molecule has 2 heterocycles. The largest absolute Gasteiger partial charge is 0.355 e. The summed E-state index contributed by atoms with van der Waals surface area (Å²) in [6.07, 6.45) is 12.7. The molecule has 6 nitrogen and oxygen atoms in total. The van der Waals surface area contributed by atoms with Crippen molar-refractivity contribution in [2.24, 2.45) is 0 Å². The number of carbonyl (C=O) groups is 1. The minimum absolute atomic E-state index is 0.0536. The normalized spacial score (nSPS) is 15.1. The van der Waals surface area contributed by atoms with E-state index >= 15 is 0 Å². The van der Waals surface area contributed by atoms with Crippen molar-refractivity contribution in [3.63, 3.8) is 0 Å². The van der Waals surface area contributed by atoms with E-state index in [0.717, 1.165) is 35.9 Å². The standard InChI is InChI=1S/C21H29N5OS/c1-3-15-26-19(18-10-12-22-13-11-18)24-25-21(26)28-16(2)20(27)23-14-9-17-7-5-4-6-8-17/h7,10-13,16H,3-6,8-9,14-15H2,1-2H3,(H,23,27). The van der Waals surface area contributed by atoms with Crippen LogP contribution >= 0.6 is 11.8 Å². The maximum absolute atomic E-state index is 12.5. The minimum Gasteiger partial charge on any atom is -0.355 e. The first-order valence-corrected chi connectivity index (χ1v) is 11.0. The average molecular weight is 400 g/mol. The first-order chi connectivity index (χ1) is 13.7. The second-order valence-corrected chi connectivity index (χ2v) is 8.41. The number of pyridine rings is 1. The molecule has 2 aromatic rings. The molecule has 0 saturated carbocycles. The molecule has 1 aliphatic carbocycles. The van der Waals surface area contributed by atoms with E-state index in [0.29, 0.717) is 6.54 Å². The third kappa shape index (κ3) is 5.44. The van der Waals surface area contributed by atoms with Gasteiger partial charge in [-0.2, -0.15) is 0 Å². The highest BCUT2D eigenvalue weighted by Crippen LogP contribution is 2.27. The van der Waals surface area contributed by atoms with E-state index in [1.54, 1.807) is 12.4 Å². The molecule has 0 bridgehead atoms. The highest BCUT2D eigenvalue weighted by molar-refractivity contribution is 8.00. The third-order valence-corrected chi connectivity index (χ3v) is 5.96. The van der Waals surface area contributed by atoms with Gasteiger partial charge in [0.2, 0.25) is 5.91 Å². The number of nitrogens with one attached hydrogen (secondary N) is 1. The van der Waals surface area contributed by atoms with Gasteiger partial charge in [0.05, 0.1) is 5.25 Å². The molecule has 1 aliphatic rings. The van der Waals surface area contributed by atoms with Gasteiger partial charge in [0.15, 0.2) is 11.0 Å². The van der Waals surface area contributed by atoms with E-state index in [9.17, 15) is 4.79 Å². The van der Waals surface area contributed by atoms with Crippen LogP contribution < -0.4 is 5.32 Å². The lowest BCUT2D eigenvalue weighted by molar-refractivity contribution is -0.120. The van der Waals surface area contributed by atoms with Gasteiger partial charge < -0.3 is 9.88 Å². The van der Waals surface area contributed by atoms with Crippen molar-refractivity contribution in [2.45, 2.75) is 69.3 Å². The number of hydrogen-bond acceptors (Lipinski definition) is 5. The lowest BCUT2D eigenvalue weighted by Crippen LogP contribution is -2.32. The van der Waals surface area contributed by atoms with Crippen molar-refractivity contribution in [3.05, 3.63) is 36.2 Å². The summed E-state index contributed by atoms with van der Waals surface area (Å²) < 4.78 is 2.09. The summed E-state index contributed by atoms with van der Waals surface area (Å²) in [5, 5.41) is 12.4. The van der Waals surface area contributed by atoms with Crippen molar-refractivity contribution in [2.75, 3.05) is 6.54 Å². The summed E-state index contributed by atoms with van der Waals surface area (Å²) in [4.78, 5) is 16.6. The number of aromatic nitrogens is 4. The Morgan fingerprint density at radius 1 is 1.29 bits per heavy atom. The monoisotopic (exact) mass is 399 g/mol. The van der Waals surface area contributed by atoms with Crippen LogP contribution in [0.25, 0.3) is 11.4 Å². The zero-order valence-corrected chi connectivity index (χ0v) is 17.5. The highest BCUT2D eigenvalue weighted by atomic mass is 32.2. The number of hydrogen-bond donors (Lipinski definition) is 1. The molecule has 1 N–H and O–H groups in total. The second-order valence-electron chi connectivity index (χ2n) is 7.10. The molecule has 0 fully saturated rings. The van der Waals surface area contributed by atoms with E-state index < -0.39 is 0 Å². The molecule has 1 atom stereocenters. The van der Waals surface area contributed by atoms with Crippen LogP contribution in [0.15, 0.2) is 41.3 Å². The van der Waals surface area contributed by atoms with Crippen molar-refractivity contribution in [1.82, 2.24) is 25.1 Å². The summed E-state index contributed by atoms with van der Waals surface area (Å²) in [6, 6.07) is 3.86. The lowest BCUT2D eigenvalue weighted by atomic mass is 9.97. The van der Waals surface area contributed by atoms with Crippen LogP contribution in [0.4, 0.5) is 0 Å². The molecule has 0 spiro atoms. The number of amides is 1. The molecule has 7 heteroatoms. The fraction of sp³-hybridized carbons (Fsp3) is 0.524. The lowest BCUT2D eigenvalue weighted by Gasteiger charge is -2.15. The van der Waals surface area contributed by atoms with E-state index in [4.69, 9.17) is 0 Å². The van der Waals surface area contributed by atoms with Gasteiger partial charge in [0, 0.05) is 31.0 Å². The van der Waals surface area contributed by atoms with Crippen molar-refractivity contribution in [1.29, 1.82) is 0 Å². The highest BCUT2D eigenvalue weighted by Gasteiger charge is 2.20. The van der Waals surface area contributed by atoms with E-state index in [1.165, 1.54) is 43.0 Å². The van der Waals surface area contributed by atoms with Crippen molar-refractivity contribution in [3.8, 4) is 11.4 Å². The number of allylic oxidation sites excluding steroid dienone is 1. The van der Waals surface area contributed by atoms with Gasteiger partial charge >= 0.3 is 0 Å². The maximum Gasteiger partial charge on any atom is 0.233 e. The third-order valence-electron chi connectivity index (χ3n) is 4.88. The van der Waals surface area contributed by atoms with Crippen molar-refractivity contribution >= 4 is 17.7 Å². The first-order valence-electron chi connectivity index (χ1n) is 10.1. The number of carbonyl (C=O) groups excluding carboxylic acids is 1. The van der Waals surface area contributed by atoms with Crippen molar-refractivity contribution < 1.29 is 4.79 Å². The molecule has 28 heavy (non-hydrogen) atoms. The molecule has 0 aliphatic heterocycles. The molecule has 1 amide bonds. The zero-order valence-electron chi connectivity index (χ0n) is 16.7. The van der Waals surface area contributed by atoms with Crippen LogP contribution in [0.2, 0.25) is 0 Å². The van der Waals surface area contributed by atoms with Gasteiger partial charge in [0.1, 0.15) is 0 Å². The molecular weight excluding hydrogens is 370 g/mol. The summed E-state index contributed by atoms with van der Waals surface area (Å²) in [6.45, 7) is 5.58. The van der Waals surface area contributed by atoms with Gasteiger partial charge in [-0.25, -0.2) is 0 Å². The minimum atomic E-state index is -0.217.